The van der Waals surface area contributed by atoms with Gasteiger partial charge < -0.3 is 21.1 Å². The van der Waals surface area contributed by atoms with Crippen LogP contribution in [0.5, 0.6) is 5.75 Å². The number of rotatable bonds is 9. The average molecular weight is 291 g/mol. The van der Waals surface area contributed by atoms with Crippen LogP contribution in [0.2, 0.25) is 0 Å². The molecule has 0 aliphatic heterocycles. The summed E-state index contributed by atoms with van der Waals surface area (Å²) in [7, 11) is 0. The number of para-hydroxylation sites is 2. The zero-order valence-electron chi connectivity index (χ0n) is 11.9. The molecular formula is C15H21N3O3. The predicted molar refractivity (Wildman–Crippen MR) is 80.0 cm³/mol. The molecule has 0 atom stereocenters. The van der Waals surface area contributed by atoms with Crippen LogP contribution in [0.1, 0.15) is 19.3 Å². The molecule has 114 valence electrons. The van der Waals surface area contributed by atoms with Gasteiger partial charge in [-0.3, -0.25) is 9.59 Å². The number of anilines is 1. The molecule has 0 heterocycles. The number of carbonyl (C=O) groups excluding carboxylic acids is 2. The van der Waals surface area contributed by atoms with E-state index in [-0.39, 0.29) is 25.5 Å². The summed E-state index contributed by atoms with van der Waals surface area (Å²) in [4.78, 5) is 22.5. The third-order valence-corrected chi connectivity index (χ3v) is 3.18. The number of hydrogen-bond donors (Lipinski definition) is 3. The molecule has 1 saturated carbocycles. The summed E-state index contributed by atoms with van der Waals surface area (Å²) < 4.78 is 5.47. The van der Waals surface area contributed by atoms with Gasteiger partial charge in [0, 0.05) is 0 Å². The van der Waals surface area contributed by atoms with Gasteiger partial charge in [-0.2, -0.15) is 0 Å². The van der Waals surface area contributed by atoms with Crippen molar-refractivity contribution in [1.82, 2.24) is 5.32 Å². The quantitative estimate of drug-likeness (QED) is 0.629. The smallest absolute Gasteiger partial charge is 0.238 e. The fraction of sp³-hybridized carbons (Fsp3) is 0.467. The Morgan fingerprint density at radius 2 is 2.05 bits per heavy atom. The number of primary amides is 1. The maximum atomic E-state index is 11.8. The lowest BCUT2D eigenvalue weighted by Crippen LogP contribution is -2.29. The average Bonchev–Trinajstić information content (AvgIpc) is 3.24. The second kappa shape index (κ2) is 7.64. The van der Waals surface area contributed by atoms with Crippen LogP contribution in [0.25, 0.3) is 0 Å². The lowest BCUT2D eigenvalue weighted by atomic mass is 10.3. The Hall–Kier alpha value is -2.08. The first-order valence-electron chi connectivity index (χ1n) is 7.16. The van der Waals surface area contributed by atoms with Crippen LogP contribution in [0, 0.1) is 5.92 Å². The number of hydrogen-bond acceptors (Lipinski definition) is 4. The van der Waals surface area contributed by atoms with E-state index in [0.717, 1.165) is 12.5 Å². The molecule has 1 aromatic rings. The van der Waals surface area contributed by atoms with Crippen molar-refractivity contribution in [2.45, 2.75) is 19.3 Å². The normalized spacial score (nSPS) is 13.7. The zero-order valence-corrected chi connectivity index (χ0v) is 11.9. The molecule has 0 unspecified atom stereocenters. The van der Waals surface area contributed by atoms with Crippen molar-refractivity contribution in [1.29, 1.82) is 0 Å². The maximum absolute atomic E-state index is 11.8. The molecule has 0 spiro atoms. The topological polar surface area (TPSA) is 93.5 Å². The highest BCUT2D eigenvalue weighted by Gasteiger charge is 2.20. The van der Waals surface area contributed by atoms with E-state index in [1.54, 1.807) is 18.2 Å². The van der Waals surface area contributed by atoms with Gasteiger partial charge in [0.05, 0.1) is 25.3 Å². The van der Waals surface area contributed by atoms with Gasteiger partial charge >= 0.3 is 0 Å². The predicted octanol–water partition coefficient (Wildman–Crippen LogP) is 0.879. The van der Waals surface area contributed by atoms with E-state index in [1.165, 1.54) is 12.8 Å². The van der Waals surface area contributed by atoms with Gasteiger partial charge in [0.2, 0.25) is 11.8 Å². The van der Waals surface area contributed by atoms with Gasteiger partial charge in [-0.25, -0.2) is 0 Å². The number of nitrogens with two attached hydrogens (primary N) is 1. The van der Waals surface area contributed by atoms with E-state index in [1.807, 2.05) is 6.07 Å². The SMILES string of the molecule is NC(=O)CCOc1ccccc1NC(=O)CNCC1CC1. The van der Waals surface area contributed by atoms with Crippen molar-refractivity contribution in [3.05, 3.63) is 24.3 Å². The van der Waals surface area contributed by atoms with Crippen molar-refractivity contribution in [3.8, 4) is 5.75 Å². The molecule has 1 fully saturated rings. The maximum Gasteiger partial charge on any atom is 0.238 e. The van der Waals surface area contributed by atoms with Crippen LogP contribution in [0.15, 0.2) is 24.3 Å². The zero-order chi connectivity index (χ0) is 15.1. The van der Waals surface area contributed by atoms with Crippen LogP contribution in [0.3, 0.4) is 0 Å². The van der Waals surface area contributed by atoms with Crippen LogP contribution in [0.4, 0.5) is 5.69 Å². The molecule has 0 radical (unpaired) electrons. The molecule has 21 heavy (non-hydrogen) atoms. The molecular weight excluding hydrogens is 270 g/mol. The van der Waals surface area contributed by atoms with E-state index in [2.05, 4.69) is 10.6 Å². The van der Waals surface area contributed by atoms with Crippen molar-refractivity contribution >= 4 is 17.5 Å². The summed E-state index contributed by atoms with van der Waals surface area (Å²) in [6, 6.07) is 7.13. The molecule has 2 rings (SSSR count). The van der Waals surface area contributed by atoms with Gasteiger partial charge in [0.15, 0.2) is 0 Å². The minimum absolute atomic E-state index is 0.110. The number of amides is 2. The summed E-state index contributed by atoms with van der Waals surface area (Å²) in [6.07, 6.45) is 2.65. The van der Waals surface area contributed by atoms with Crippen LogP contribution < -0.4 is 21.1 Å². The van der Waals surface area contributed by atoms with Crippen molar-refractivity contribution in [2.24, 2.45) is 11.7 Å². The second-order valence-electron chi connectivity index (χ2n) is 5.18. The van der Waals surface area contributed by atoms with Gasteiger partial charge in [0.25, 0.3) is 0 Å². The third-order valence-electron chi connectivity index (χ3n) is 3.18. The lowest BCUT2D eigenvalue weighted by molar-refractivity contribution is -0.118. The highest BCUT2D eigenvalue weighted by atomic mass is 16.5. The van der Waals surface area contributed by atoms with E-state index in [9.17, 15) is 9.59 Å². The summed E-state index contributed by atoms with van der Waals surface area (Å²) in [6.45, 7) is 1.37. The Morgan fingerprint density at radius 3 is 2.76 bits per heavy atom. The molecule has 0 saturated heterocycles. The highest BCUT2D eigenvalue weighted by molar-refractivity contribution is 5.93. The Kier molecular flexibility index (Phi) is 5.57. The summed E-state index contributed by atoms with van der Waals surface area (Å²) >= 11 is 0. The first kappa shape index (κ1) is 15.3. The third kappa shape index (κ3) is 5.83. The largest absolute Gasteiger partial charge is 0.491 e. The van der Waals surface area contributed by atoms with Crippen molar-refractivity contribution in [3.63, 3.8) is 0 Å². The molecule has 1 aromatic carbocycles. The fourth-order valence-corrected chi connectivity index (χ4v) is 1.86. The van der Waals surface area contributed by atoms with E-state index < -0.39 is 5.91 Å². The van der Waals surface area contributed by atoms with E-state index in [4.69, 9.17) is 10.5 Å². The molecule has 2 amide bonds. The van der Waals surface area contributed by atoms with Gasteiger partial charge in [0.1, 0.15) is 5.75 Å². The lowest BCUT2D eigenvalue weighted by Gasteiger charge is -2.12. The second-order valence-corrected chi connectivity index (χ2v) is 5.18. The Morgan fingerprint density at radius 1 is 1.29 bits per heavy atom. The summed E-state index contributed by atoms with van der Waals surface area (Å²) in [5, 5.41) is 5.93. The van der Waals surface area contributed by atoms with Crippen LogP contribution in [-0.4, -0.2) is 31.5 Å². The minimum atomic E-state index is -0.416. The molecule has 1 aliphatic carbocycles. The standard InChI is InChI=1S/C15H21N3O3/c16-14(19)7-8-21-13-4-2-1-3-12(13)18-15(20)10-17-9-11-5-6-11/h1-4,11,17H,5-10H2,(H2,16,19)(H,18,20). The minimum Gasteiger partial charge on any atom is -0.491 e. The molecule has 0 bridgehead atoms. The molecule has 6 nitrogen and oxygen atoms in total. The fourth-order valence-electron chi connectivity index (χ4n) is 1.86. The van der Waals surface area contributed by atoms with Gasteiger partial charge in [-0.05, 0) is 37.4 Å². The number of carbonyl (C=O) groups is 2. The Bertz CT molecular complexity index is 501. The number of benzene rings is 1. The van der Waals surface area contributed by atoms with Crippen molar-refractivity contribution < 1.29 is 14.3 Å². The Balaban J connectivity index is 1.79. The first-order chi connectivity index (χ1) is 10.1. The van der Waals surface area contributed by atoms with Gasteiger partial charge in [-0.15, -0.1) is 0 Å². The first-order valence-corrected chi connectivity index (χ1v) is 7.16. The molecule has 4 N–H and O–H groups in total. The number of ether oxygens (including phenoxy) is 1. The van der Waals surface area contributed by atoms with E-state index >= 15 is 0 Å². The molecule has 0 aromatic heterocycles. The van der Waals surface area contributed by atoms with Crippen molar-refractivity contribution in [2.75, 3.05) is 25.0 Å². The Labute approximate surface area is 124 Å². The van der Waals surface area contributed by atoms with Gasteiger partial charge in [-0.1, -0.05) is 12.1 Å². The van der Waals surface area contributed by atoms with Crippen LogP contribution >= 0.6 is 0 Å². The van der Waals surface area contributed by atoms with Crippen LogP contribution in [-0.2, 0) is 9.59 Å². The highest BCUT2D eigenvalue weighted by Crippen LogP contribution is 2.27. The molecule has 6 heteroatoms. The van der Waals surface area contributed by atoms with E-state index in [0.29, 0.717) is 11.4 Å². The number of nitrogens with one attached hydrogen (secondary N) is 2. The molecule has 1 aliphatic rings. The monoisotopic (exact) mass is 291 g/mol. The summed E-state index contributed by atoms with van der Waals surface area (Å²) in [5.41, 5.74) is 5.66. The summed E-state index contributed by atoms with van der Waals surface area (Å²) in [5.74, 6) is 0.749.